The van der Waals surface area contributed by atoms with Crippen LogP contribution >= 0.6 is 0 Å². The molecular weight excluding hydrogens is 260 g/mol. The fraction of sp³-hybridized carbons (Fsp3) is 0.167. The lowest BCUT2D eigenvalue weighted by Crippen LogP contribution is -2.07. The second-order valence-corrected chi connectivity index (χ2v) is 5.40. The molecule has 0 radical (unpaired) electrons. The molecule has 3 heteroatoms. The van der Waals surface area contributed by atoms with E-state index in [9.17, 15) is 4.79 Å². The summed E-state index contributed by atoms with van der Waals surface area (Å²) in [7, 11) is 4.05. The Morgan fingerprint density at radius 2 is 1.76 bits per heavy atom. The highest BCUT2D eigenvalue weighted by Gasteiger charge is 2.13. The van der Waals surface area contributed by atoms with Crippen molar-refractivity contribution in [3.05, 3.63) is 60.4 Å². The lowest BCUT2D eigenvalue weighted by atomic mass is 10.1. The predicted octanol–water partition coefficient (Wildman–Crippen LogP) is 3.87. The fourth-order valence-corrected chi connectivity index (χ4v) is 2.59. The largest absolute Gasteiger partial charge is 0.378 e. The van der Waals surface area contributed by atoms with E-state index in [1.54, 1.807) is 6.92 Å². The van der Waals surface area contributed by atoms with Crippen LogP contribution < -0.4 is 4.90 Å². The van der Waals surface area contributed by atoms with Crippen LogP contribution in [-0.4, -0.2) is 24.3 Å². The number of pyridine rings is 1. The highest BCUT2D eigenvalue weighted by atomic mass is 16.1. The number of benzene rings is 1. The zero-order valence-corrected chi connectivity index (χ0v) is 12.5. The summed E-state index contributed by atoms with van der Waals surface area (Å²) in [6.07, 6.45) is 1.93. The molecule has 0 amide bonds. The molecule has 3 nitrogen and oxygen atoms in total. The minimum Gasteiger partial charge on any atom is -0.378 e. The minimum absolute atomic E-state index is 0.0763. The van der Waals surface area contributed by atoms with E-state index in [1.165, 1.54) is 0 Å². The number of anilines is 1. The highest BCUT2D eigenvalue weighted by molar-refractivity contribution is 5.98. The molecule has 0 fully saturated rings. The lowest BCUT2D eigenvalue weighted by molar-refractivity contribution is 0.101. The van der Waals surface area contributed by atoms with Gasteiger partial charge in [0.25, 0.3) is 0 Å². The summed E-state index contributed by atoms with van der Waals surface area (Å²) in [4.78, 5) is 13.9. The van der Waals surface area contributed by atoms with E-state index >= 15 is 0 Å². The lowest BCUT2D eigenvalue weighted by Gasteiger charge is -2.12. The van der Waals surface area contributed by atoms with Crippen molar-refractivity contribution in [2.24, 2.45) is 0 Å². The molecule has 0 spiro atoms. The van der Waals surface area contributed by atoms with Crippen LogP contribution in [0.1, 0.15) is 17.4 Å². The van der Waals surface area contributed by atoms with Gasteiger partial charge >= 0.3 is 0 Å². The van der Waals surface area contributed by atoms with Gasteiger partial charge in [-0.15, -0.1) is 0 Å². The maximum atomic E-state index is 11.8. The zero-order chi connectivity index (χ0) is 15.0. The SMILES string of the molecule is CC(=O)c1cc(-c2ccc(N(C)C)cc2)c2ccccn12. The van der Waals surface area contributed by atoms with Gasteiger partial charge in [-0.2, -0.15) is 0 Å². The van der Waals surface area contributed by atoms with E-state index in [-0.39, 0.29) is 5.78 Å². The van der Waals surface area contributed by atoms with Crippen LogP contribution in [-0.2, 0) is 0 Å². The molecule has 3 rings (SSSR count). The van der Waals surface area contributed by atoms with Crippen LogP contribution in [0.2, 0.25) is 0 Å². The Labute approximate surface area is 124 Å². The van der Waals surface area contributed by atoms with Gasteiger partial charge in [0.05, 0.1) is 11.2 Å². The van der Waals surface area contributed by atoms with Crippen LogP contribution in [0.15, 0.2) is 54.7 Å². The van der Waals surface area contributed by atoms with Crippen molar-refractivity contribution in [1.29, 1.82) is 0 Å². The summed E-state index contributed by atoms with van der Waals surface area (Å²) in [6.45, 7) is 1.60. The Bertz CT molecular complexity index is 798. The van der Waals surface area contributed by atoms with Gasteiger partial charge in [0.2, 0.25) is 0 Å². The van der Waals surface area contributed by atoms with Crippen molar-refractivity contribution in [3.8, 4) is 11.1 Å². The highest BCUT2D eigenvalue weighted by Crippen LogP contribution is 2.29. The van der Waals surface area contributed by atoms with E-state index in [0.29, 0.717) is 0 Å². The van der Waals surface area contributed by atoms with Crippen molar-refractivity contribution < 1.29 is 4.79 Å². The molecule has 0 aliphatic carbocycles. The standard InChI is InChI=1S/C18H18N2O/c1-13(21)18-12-16(17-6-4-5-11-20(17)18)14-7-9-15(10-8-14)19(2)3/h4-12H,1-3H3. The first-order chi connectivity index (χ1) is 10.1. The minimum atomic E-state index is 0.0763. The number of carbonyl (C=O) groups excluding carboxylic acids is 1. The van der Waals surface area contributed by atoms with Crippen LogP contribution in [0.3, 0.4) is 0 Å². The van der Waals surface area contributed by atoms with Gasteiger partial charge in [0, 0.05) is 38.5 Å². The maximum absolute atomic E-state index is 11.8. The number of rotatable bonds is 3. The fourth-order valence-electron chi connectivity index (χ4n) is 2.59. The second-order valence-electron chi connectivity index (χ2n) is 5.40. The number of nitrogens with zero attached hydrogens (tertiary/aromatic N) is 2. The molecular formula is C18H18N2O. The summed E-state index contributed by atoms with van der Waals surface area (Å²) < 4.78 is 1.96. The van der Waals surface area contributed by atoms with E-state index < -0.39 is 0 Å². The number of Topliss-reactive ketones (excluding diaryl/α,β-unsaturated/α-hetero) is 1. The Morgan fingerprint density at radius 1 is 1.05 bits per heavy atom. The monoisotopic (exact) mass is 278 g/mol. The van der Waals surface area contributed by atoms with Gasteiger partial charge in [-0.3, -0.25) is 4.79 Å². The molecule has 21 heavy (non-hydrogen) atoms. The third kappa shape index (κ3) is 2.31. The van der Waals surface area contributed by atoms with E-state index in [0.717, 1.165) is 28.0 Å². The van der Waals surface area contributed by atoms with Crippen molar-refractivity contribution in [2.45, 2.75) is 6.92 Å². The predicted molar refractivity (Wildman–Crippen MR) is 87.2 cm³/mol. The van der Waals surface area contributed by atoms with E-state index in [1.807, 2.05) is 49.0 Å². The Kier molecular flexibility index (Phi) is 3.26. The summed E-state index contributed by atoms with van der Waals surface area (Å²) in [5.74, 6) is 0.0763. The van der Waals surface area contributed by atoms with Gasteiger partial charge < -0.3 is 9.30 Å². The average Bonchev–Trinajstić information content (AvgIpc) is 2.87. The molecule has 2 heterocycles. The zero-order valence-electron chi connectivity index (χ0n) is 12.5. The number of carbonyl (C=O) groups is 1. The molecule has 0 aliphatic rings. The third-order valence-corrected chi connectivity index (χ3v) is 3.73. The molecule has 0 saturated carbocycles. The van der Waals surface area contributed by atoms with Gasteiger partial charge in [0.1, 0.15) is 0 Å². The molecule has 2 aromatic heterocycles. The number of hydrogen-bond donors (Lipinski definition) is 0. The summed E-state index contributed by atoms with van der Waals surface area (Å²) in [6, 6.07) is 16.3. The molecule has 0 aliphatic heterocycles. The topological polar surface area (TPSA) is 24.7 Å². The molecule has 0 atom stereocenters. The van der Waals surface area contributed by atoms with Gasteiger partial charge in [-0.05, 0) is 35.9 Å². The quantitative estimate of drug-likeness (QED) is 0.679. The van der Waals surface area contributed by atoms with Crippen molar-refractivity contribution >= 4 is 17.0 Å². The molecule has 0 N–H and O–H groups in total. The number of ketones is 1. The van der Waals surface area contributed by atoms with Gasteiger partial charge in [-0.25, -0.2) is 0 Å². The first-order valence-corrected chi connectivity index (χ1v) is 6.96. The molecule has 0 unspecified atom stereocenters. The third-order valence-electron chi connectivity index (χ3n) is 3.73. The van der Waals surface area contributed by atoms with Crippen LogP contribution in [0, 0.1) is 0 Å². The Balaban J connectivity index is 2.18. The Morgan fingerprint density at radius 3 is 2.38 bits per heavy atom. The number of aromatic nitrogens is 1. The van der Waals surface area contributed by atoms with Crippen molar-refractivity contribution in [1.82, 2.24) is 4.40 Å². The molecule has 1 aromatic carbocycles. The van der Waals surface area contributed by atoms with Crippen molar-refractivity contribution in [2.75, 3.05) is 19.0 Å². The van der Waals surface area contributed by atoms with Crippen LogP contribution in [0.4, 0.5) is 5.69 Å². The number of fused-ring (bicyclic) bond motifs is 1. The first-order valence-electron chi connectivity index (χ1n) is 6.96. The summed E-state index contributed by atoms with van der Waals surface area (Å²) in [5, 5.41) is 0. The number of hydrogen-bond acceptors (Lipinski definition) is 2. The molecule has 0 saturated heterocycles. The maximum Gasteiger partial charge on any atom is 0.176 e. The van der Waals surface area contributed by atoms with Gasteiger partial charge in [-0.1, -0.05) is 18.2 Å². The normalized spacial score (nSPS) is 10.8. The molecule has 106 valence electrons. The second kappa shape index (κ2) is 5.09. The van der Waals surface area contributed by atoms with E-state index in [2.05, 4.69) is 29.2 Å². The Hall–Kier alpha value is -2.55. The molecule has 0 bridgehead atoms. The van der Waals surface area contributed by atoms with Crippen LogP contribution in [0.5, 0.6) is 0 Å². The van der Waals surface area contributed by atoms with E-state index in [4.69, 9.17) is 0 Å². The van der Waals surface area contributed by atoms with Crippen LogP contribution in [0.25, 0.3) is 16.6 Å². The smallest absolute Gasteiger partial charge is 0.176 e. The summed E-state index contributed by atoms with van der Waals surface area (Å²) >= 11 is 0. The summed E-state index contributed by atoms with van der Waals surface area (Å²) in [5.41, 5.74) is 5.15. The first kappa shape index (κ1) is 13.4. The van der Waals surface area contributed by atoms with Gasteiger partial charge in [0.15, 0.2) is 5.78 Å². The molecule has 3 aromatic rings. The van der Waals surface area contributed by atoms with Crippen molar-refractivity contribution in [3.63, 3.8) is 0 Å². The average molecular weight is 278 g/mol.